The molecule has 2 nitrogen and oxygen atoms in total. The molecular weight excluding hydrogens is 724 g/mol. The molecule has 0 saturated heterocycles. The van der Waals surface area contributed by atoms with E-state index in [1.54, 1.807) is 0 Å². The van der Waals surface area contributed by atoms with E-state index >= 15 is 0 Å². The molecule has 8 aromatic carbocycles. The van der Waals surface area contributed by atoms with Gasteiger partial charge in [0.2, 0.25) is 13.4 Å². The van der Waals surface area contributed by atoms with E-state index in [4.69, 9.17) is 4.42 Å². The topological polar surface area (TPSA) is 16.4 Å². The van der Waals surface area contributed by atoms with Gasteiger partial charge in [0.15, 0.2) is 0 Å². The molecule has 0 spiro atoms. The van der Waals surface area contributed by atoms with Crippen LogP contribution in [0.3, 0.4) is 0 Å². The van der Waals surface area contributed by atoms with Crippen molar-refractivity contribution >= 4 is 85.2 Å². The molecule has 4 aliphatic heterocycles. The third kappa shape index (κ3) is 4.26. The zero-order chi connectivity index (χ0) is 40.4. The highest BCUT2D eigenvalue weighted by atomic mass is 16.3. The summed E-state index contributed by atoms with van der Waals surface area (Å²) in [6.07, 6.45) is 0. The van der Waals surface area contributed by atoms with Gasteiger partial charge in [0.25, 0.3) is 0 Å². The van der Waals surface area contributed by atoms with Gasteiger partial charge in [-0.3, -0.25) is 0 Å². The van der Waals surface area contributed by atoms with Gasteiger partial charge in [-0.25, -0.2) is 0 Å². The van der Waals surface area contributed by atoms with Crippen LogP contribution < -0.4 is 37.7 Å². The lowest BCUT2D eigenvalue weighted by Crippen LogP contribution is -2.70. The fraction of sp³-hybridized carbons (Fsp3) is 0.143. The van der Waals surface area contributed by atoms with Crippen molar-refractivity contribution in [2.75, 3.05) is 4.90 Å². The second-order valence-electron chi connectivity index (χ2n) is 18.9. The lowest BCUT2D eigenvalue weighted by atomic mass is 9.26. The predicted molar refractivity (Wildman–Crippen MR) is 255 cm³/mol. The number of nitrogens with zero attached hydrogens (tertiary/aromatic N) is 1. The maximum absolute atomic E-state index is 6.18. The third-order valence-corrected chi connectivity index (χ3v) is 15.0. The zero-order valence-corrected chi connectivity index (χ0v) is 34.9. The van der Waals surface area contributed by atoms with Crippen LogP contribution >= 0.6 is 0 Å². The first kappa shape index (κ1) is 34.4. The van der Waals surface area contributed by atoms with Gasteiger partial charge in [0.1, 0.15) is 11.2 Å². The van der Waals surface area contributed by atoms with Crippen LogP contribution in [0.4, 0.5) is 17.1 Å². The van der Waals surface area contributed by atoms with Crippen molar-refractivity contribution in [3.8, 4) is 22.3 Å². The Kier molecular flexibility index (Phi) is 6.65. The summed E-state index contributed by atoms with van der Waals surface area (Å²) in [4.78, 5) is 2.69. The number of benzene rings is 8. The Morgan fingerprint density at radius 2 is 0.917 bits per heavy atom. The van der Waals surface area contributed by atoms with Gasteiger partial charge in [0.05, 0.1) is 0 Å². The number of rotatable bonds is 2. The molecule has 0 N–H and O–H groups in total. The Hall–Kier alpha value is -6.51. The first-order chi connectivity index (χ1) is 29.1. The molecule has 9 aromatic rings. The predicted octanol–water partition coefficient (Wildman–Crippen LogP) is 9.94. The van der Waals surface area contributed by atoms with Crippen LogP contribution in [0.2, 0.25) is 0 Å². The summed E-state index contributed by atoms with van der Waals surface area (Å²) in [6.45, 7) is 14.6. The van der Waals surface area contributed by atoms with Crippen LogP contribution in [-0.2, 0) is 10.8 Å². The largest absolute Gasteiger partial charge is 0.456 e. The molecule has 0 bridgehead atoms. The summed E-state index contributed by atoms with van der Waals surface area (Å²) >= 11 is 0. The lowest BCUT2D eigenvalue weighted by molar-refractivity contribution is 0.640. The summed E-state index contributed by atoms with van der Waals surface area (Å²) in [6, 6.07) is 57.6. The molecule has 0 aliphatic carbocycles. The molecule has 284 valence electrons. The Balaban J connectivity index is 1.09. The summed E-state index contributed by atoms with van der Waals surface area (Å²) in [5.41, 5.74) is 27.6. The second-order valence-corrected chi connectivity index (χ2v) is 18.9. The molecule has 0 saturated carbocycles. The van der Waals surface area contributed by atoms with E-state index in [0.29, 0.717) is 0 Å². The molecule has 5 heterocycles. The van der Waals surface area contributed by atoms with E-state index in [9.17, 15) is 0 Å². The lowest BCUT2D eigenvalue weighted by Gasteiger charge is -2.51. The highest BCUT2D eigenvalue weighted by Crippen LogP contribution is 2.47. The van der Waals surface area contributed by atoms with Gasteiger partial charge in [0, 0.05) is 38.7 Å². The summed E-state index contributed by atoms with van der Waals surface area (Å²) < 4.78 is 6.18. The van der Waals surface area contributed by atoms with Crippen molar-refractivity contribution in [1.82, 2.24) is 0 Å². The van der Waals surface area contributed by atoms with Crippen LogP contribution in [0.1, 0.15) is 61.1 Å². The van der Waals surface area contributed by atoms with Gasteiger partial charge in [-0.1, -0.05) is 160 Å². The summed E-state index contributed by atoms with van der Waals surface area (Å²) in [5, 5.41) is 2.31. The van der Waals surface area contributed by atoms with Crippen LogP contribution in [0, 0.1) is 13.8 Å². The number of anilines is 3. The van der Waals surface area contributed by atoms with E-state index in [2.05, 4.69) is 192 Å². The molecular formula is C56H43B2NO. The fourth-order valence-corrected chi connectivity index (χ4v) is 12.6. The van der Waals surface area contributed by atoms with E-state index < -0.39 is 0 Å². The van der Waals surface area contributed by atoms with Crippen LogP contribution in [0.25, 0.3) is 44.2 Å². The molecule has 0 atom stereocenters. The molecule has 4 heteroatoms. The van der Waals surface area contributed by atoms with E-state index in [-0.39, 0.29) is 24.3 Å². The van der Waals surface area contributed by atoms with Gasteiger partial charge in [-0.15, -0.1) is 0 Å². The number of hydrogen-bond donors (Lipinski definition) is 0. The molecule has 13 rings (SSSR count). The van der Waals surface area contributed by atoms with E-state index in [0.717, 1.165) is 21.9 Å². The minimum absolute atomic E-state index is 0.113. The normalized spacial score (nSPS) is 15.7. The quantitative estimate of drug-likeness (QED) is 0.163. The summed E-state index contributed by atoms with van der Waals surface area (Å²) in [5.74, 6) is 0. The molecule has 0 radical (unpaired) electrons. The Morgan fingerprint density at radius 1 is 0.433 bits per heavy atom. The highest BCUT2D eigenvalue weighted by Gasteiger charge is 2.52. The number of hydrogen-bond acceptors (Lipinski definition) is 2. The molecule has 60 heavy (non-hydrogen) atoms. The van der Waals surface area contributed by atoms with Gasteiger partial charge < -0.3 is 9.32 Å². The molecule has 0 unspecified atom stereocenters. The standard InChI is InChI=1S/C56H43B2NO/c1-32-19-26-46-52-50(32)55(3,4)40-14-8-10-16-42(40)57(52)44-30-37(35-23-21-34(22-24-35)36-25-28-49-39(29-36)38-13-7-12-18-48(38)60-49)31-45-54(44)59(46)47-27-20-33(2)51-53(47)58(45)43-17-11-9-15-41(43)56(51,5)6/h7-31H,1-6H3. The minimum atomic E-state index is -0.145. The molecule has 1 aromatic heterocycles. The van der Waals surface area contributed by atoms with Gasteiger partial charge in [-0.2, -0.15) is 0 Å². The van der Waals surface area contributed by atoms with Crippen molar-refractivity contribution in [2.24, 2.45) is 0 Å². The fourth-order valence-electron chi connectivity index (χ4n) is 12.6. The van der Waals surface area contributed by atoms with Gasteiger partial charge in [-0.05, 0) is 122 Å². The second kappa shape index (κ2) is 11.6. The Morgan fingerprint density at radius 3 is 1.50 bits per heavy atom. The van der Waals surface area contributed by atoms with Crippen molar-refractivity contribution in [1.29, 1.82) is 0 Å². The Labute approximate surface area is 352 Å². The number of aryl methyl sites for hydroxylation is 2. The SMILES string of the molecule is Cc1ccc2c3c1C(C)(C)c1ccccc1B3c1cc(-c3ccc(-c4ccc5oc6ccccc6c5c4)cc3)cc3c1N2c1ccc(C)c2c1B3c1ccccc1C2(C)C. The maximum atomic E-state index is 6.18. The molecule has 0 fully saturated rings. The average Bonchev–Trinajstić information content (AvgIpc) is 3.63. The Bertz CT molecular complexity index is 3230. The van der Waals surface area contributed by atoms with Crippen molar-refractivity contribution in [2.45, 2.75) is 52.4 Å². The van der Waals surface area contributed by atoms with Crippen LogP contribution in [0.5, 0.6) is 0 Å². The van der Waals surface area contributed by atoms with Crippen molar-refractivity contribution in [3.05, 3.63) is 185 Å². The third-order valence-electron chi connectivity index (χ3n) is 15.0. The average molecular weight is 768 g/mol. The number of furan rings is 1. The molecule has 4 aliphatic rings. The van der Waals surface area contributed by atoms with Crippen LogP contribution in [0.15, 0.2) is 156 Å². The maximum Gasteiger partial charge on any atom is 0.247 e. The van der Waals surface area contributed by atoms with E-state index in [1.807, 2.05) is 6.07 Å². The molecule has 0 amide bonds. The summed E-state index contributed by atoms with van der Waals surface area (Å²) in [7, 11) is 0. The number of fused-ring (bicyclic) bond motifs is 11. The monoisotopic (exact) mass is 767 g/mol. The first-order valence-electron chi connectivity index (χ1n) is 21.6. The van der Waals surface area contributed by atoms with Crippen molar-refractivity contribution < 1.29 is 4.42 Å². The zero-order valence-electron chi connectivity index (χ0n) is 34.9. The minimum Gasteiger partial charge on any atom is -0.456 e. The van der Waals surface area contributed by atoms with Gasteiger partial charge >= 0.3 is 0 Å². The van der Waals surface area contributed by atoms with Crippen LogP contribution in [-0.4, -0.2) is 13.4 Å². The highest BCUT2D eigenvalue weighted by molar-refractivity contribution is 7.03. The smallest absolute Gasteiger partial charge is 0.247 e. The van der Waals surface area contributed by atoms with Crippen molar-refractivity contribution in [3.63, 3.8) is 0 Å². The van der Waals surface area contributed by atoms with E-state index in [1.165, 1.54) is 105 Å². The first-order valence-corrected chi connectivity index (χ1v) is 21.6. The number of para-hydroxylation sites is 1.